The number of ether oxygens (including phenoxy) is 3. The molecule has 35 heavy (non-hydrogen) atoms. The van der Waals surface area contributed by atoms with E-state index in [0.717, 1.165) is 11.3 Å². The van der Waals surface area contributed by atoms with Gasteiger partial charge in [-0.2, -0.15) is 5.10 Å². The molecule has 2 aromatic heterocycles. The lowest BCUT2D eigenvalue weighted by Gasteiger charge is -2.11. The standard InChI is InChI=1S/C26H26ClN3O5/c1-16-25(17(2)30(29-16)14-18-9-11-22(32-3)24(13-18)33-4)28-26(31)23-12-10-19(35-23)15-34-21-8-6-5-7-20(21)27/h5-13H,14-15H2,1-4H3,(H,28,31). The number of benzene rings is 2. The zero-order valence-corrected chi connectivity index (χ0v) is 20.7. The molecule has 2 heterocycles. The number of hydrogen-bond acceptors (Lipinski definition) is 6. The monoisotopic (exact) mass is 495 g/mol. The van der Waals surface area contributed by atoms with Gasteiger partial charge in [-0.1, -0.05) is 29.8 Å². The molecule has 0 unspecified atom stereocenters. The van der Waals surface area contributed by atoms with Crippen molar-refractivity contribution in [3.8, 4) is 17.2 Å². The van der Waals surface area contributed by atoms with Crippen LogP contribution in [0.25, 0.3) is 0 Å². The molecule has 0 saturated heterocycles. The lowest BCUT2D eigenvalue weighted by atomic mass is 10.2. The minimum Gasteiger partial charge on any atom is -0.493 e. The molecule has 0 saturated carbocycles. The third kappa shape index (κ3) is 5.44. The molecule has 0 aliphatic rings. The number of aromatic nitrogens is 2. The highest BCUT2D eigenvalue weighted by molar-refractivity contribution is 6.32. The maximum atomic E-state index is 12.8. The minimum atomic E-state index is -0.370. The van der Waals surface area contributed by atoms with E-state index in [0.29, 0.717) is 46.0 Å². The summed E-state index contributed by atoms with van der Waals surface area (Å²) in [5.41, 5.74) is 3.14. The molecular weight excluding hydrogens is 470 g/mol. The van der Waals surface area contributed by atoms with Crippen molar-refractivity contribution in [3.05, 3.63) is 88.1 Å². The van der Waals surface area contributed by atoms with Crippen LogP contribution in [0.15, 0.2) is 59.0 Å². The van der Waals surface area contributed by atoms with Gasteiger partial charge in [0.05, 0.1) is 42.9 Å². The van der Waals surface area contributed by atoms with Crippen LogP contribution in [0.2, 0.25) is 5.02 Å². The van der Waals surface area contributed by atoms with Crippen LogP contribution in [-0.4, -0.2) is 29.9 Å². The number of hydrogen-bond donors (Lipinski definition) is 1. The first-order valence-corrected chi connectivity index (χ1v) is 11.3. The Kier molecular flexibility index (Phi) is 7.31. The molecule has 0 aliphatic heterocycles. The fraction of sp³-hybridized carbons (Fsp3) is 0.231. The number of halogens is 1. The van der Waals surface area contributed by atoms with Gasteiger partial charge in [0.2, 0.25) is 0 Å². The first-order valence-electron chi connectivity index (χ1n) is 10.9. The zero-order chi connectivity index (χ0) is 24.9. The summed E-state index contributed by atoms with van der Waals surface area (Å²) in [6, 6.07) is 16.2. The lowest BCUT2D eigenvalue weighted by Crippen LogP contribution is -2.12. The van der Waals surface area contributed by atoms with Gasteiger partial charge in [-0.3, -0.25) is 9.48 Å². The van der Waals surface area contributed by atoms with Gasteiger partial charge in [0, 0.05) is 0 Å². The van der Waals surface area contributed by atoms with E-state index in [1.54, 1.807) is 38.5 Å². The SMILES string of the molecule is COc1ccc(Cn2nc(C)c(NC(=O)c3ccc(COc4ccccc4Cl)o3)c2C)cc1OC. The highest BCUT2D eigenvalue weighted by Gasteiger charge is 2.18. The Morgan fingerprint density at radius 2 is 1.80 bits per heavy atom. The molecule has 182 valence electrons. The van der Waals surface area contributed by atoms with Crippen LogP contribution >= 0.6 is 11.6 Å². The van der Waals surface area contributed by atoms with Gasteiger partial charge in [-0.15, -0.1) is 0 Å². The van der Waals surface area contributed by atoms with E-state index < -0.39 is 0 Å². The van der Waals surface area contributed by atoms with Gasteiger partial charge >= 0.3 is 0 Å². The average molecular weight is 496 g/mol. The average Bonchev–Trinajstić information content (AvgIpc) is 3.44. The van der Waals surface area contributed by atoms with Gasteiger partial charge in [0.25, 0.3) is 5.91 Å². The molecule has 4 rings (SSSR count). The van der Waals surface area contributed by atoms with Crippen molar-refractivity contribution in [2.24, 2.45) is 0 Å². The van der Waals surface area contributed by atoms with Crippen LogP contribution in [-0.2, 0) is 13.2 Å². The largest absolute Gasteiger partial charge is 0.493 e. The van der Waals surface area contributed by atoms with Gasteiger partial charge in [0.1, 0.15) is 18.1 Å². The van der Waals surface area contributed by atoms with Crippen molar-refractivity contribution in [1.82, 2.24) is 9.78 Å². The third-order valence-electron chi connectivity index (χ3n) is 5.49. The van der Waals surface area contributed by atoms with Gasteiger partial charge in [0.15, 0.2) is 17.3 Å². The van der Waals surface area contributed by atoms with Gasteiger partial charge in [-0.05, 0) is 55.8 Å². The Bertz CT molecular complexity index is 1340. The predicted molar refractivity (Wildman–Crippen MR) is 133 cm³/mol. The van der Waals surface area contributed by atoms with Crippen LogP contribution in [0.4, 0.5) is 5.69 Å². The molecule has 4 aromatic rings. The van der Waals surface area contributed by atoms with Crippen molar-refractivity contribution in [1.29, 1.82) is 0 Å². The van der Waals surface area contributed by atoms with Crippen molar-refractivity contribution < 1.29 is 23.4 Å². The predicted octanol–water partition coefficient (Wildman–Crippen LogP) is 5.64. The molecule has 0 radical (unpaired) electrons. The van der Waals surface area contributed by atoms with Crippen molar-refractivity contribution in [2.75, 3.05) is 19.5 Å². The van der Waals surface area contributed by atoms with E-state index in [2.05, 4.69) is 10.4 Å². The van der Waals surface area contributed by atoms with E-state index in [-0.39, 0.29) is 18.3 Å². The summed E-state index contributed by atoms with van der Waals surface area (Å²) in [5, 5.41) is 8.02. The van der Waals surface area contributed by atoms with Crippen molar-refractivity contribution in [2.45, 2.75) is 27.0 Å². The molecule has 9 heteroatoms. The van der Waals surface area contributed by atoms with Gasteiger partial charge in [-0.25, -0.2) is 0 Å². The highest BCUT2D eigenvalue weighted by Crippen LogP contribution is 2.29. The van der Waals surface area contributed by atoms with E-state index in [1.165, 1.54) is 0 Å². The Morgan fingerprint density at radius 1 is 1.03 bits per heavy atom. The second-order valence-electron chi connectivity index (χ2n) is 7.83. The molecule has 0 spiro atoms. The van der Waals surface area contributed by atoms with Crippen LogP contribution in [0, 0.1) is 13.8 Å². The molecule has 0 atom stereocenters. The van der Waals surface area contributed by atoms with E-state index in [4.69, 9.17) is 30.2 Å². The van der Waals surface area contributed by atoms with Crippen LogP contribution in [0.3, 0.4) is 0 Å². The molecule has 1 N–H and O–H groups in total. The van der Waals surface area contributed by atoms with Gasteiger partial charge < -0.3 is 23.9 Å². The van der Waals surface area contributed by atoms with E-state index in [9.17, 15) is 4.79 Å². The molecule has 8 nitrogen and oxygen atoms in total. The number of methoxy groups -OCH3 is 2. The summed E-state index contributed by atoms with van der Waals surface area (Å²) >= 11 is 6.11. The van der Waals surface area contributed by atoms with Crippen LogP contribution < -0.4 is 19.5 Å². The third-order valence-corrected chi connectivity index (χ3v) is 5.80. The van der Waals surface area contributed by atoms with Crippen LogP contribution in [0.1, 0.15) is 33.3 Å². The number of furan rings is 1. The second-order valence-corrected chi connectivity index (χ2v) is 8.24. The maximum Gasteiger partial charge on any atom is 0.291 e. The summed E-state index contributed by atoms with van der Waals surface area (Å²) in [6.45, 7) is 4.41. The Labute approximate surface area is 208 Å². The number of rotatable bonds is 9. The fourth-order valence-electron chi connectivity index (χ4n) is 3.65. The Balaban J connectivity index is 1.43. The number of nitrogens with zero attached hydrogens (tertiary/aromatic N) is 2. The number of carbonyl (C=O) groups is 1. The molecule has 1 amide bonds. The first kappa shape index (κ1) is 24.2. The molecule has 0 aliphatic carbocycles. The number of aryl methyl sites for hydroxylation is 1. The highest BCUT2D eigenvalue weighted by atomic mass is 35.5. The number of amides is 1. The smallest absolute Gasteiger partial charge is 0.291 e. The van der Waals surface area contributed by atoms with Crippen LogP contribution in [0.5, 0.6) is 17.2 Å². The molecule has 2 aromatic carbocycles. The second kappa shape index (κ2) is 10.6. The summed E-state index contributed by atoms with van der Waals surface area (Å²) in [6.07, 6.45) is 0. The van der Waals surface area contributed by atoms with E-state index in [1.807, 2.05) is 48.9 Å². The number of nitrogens with one attached hydrogen (secondary N) is 1. The normalized spacial score (nSPS) is 10.8. The van der Waals surface area contributed by atoms with Crippen molar-refractivity contribution >= 4 is 23.2 Å². The molecule has 0 bridgehead atoms. The fourth-order valence-corrected chi connectivity index (χ4v) is 3.84. The lowest BCUT2D eigenvalue weighted by molar-refractivity contribution is 0.0992. The summed E-state index contributed by atoms with van der Waals surface area (Å²) in [5.74, 6) is 2.16. The van der Waals surface area contributed by atoms with Crippen molar-refractivity contribution in [3.63, 3.8) is 0 Å². The minimum absolute atomic E-state index is 0.151. The Hall–Kier alpha value is -3.91. The summed E-state index contributed by atoms with van der Waals surface area (Å²) in [4.78, 5) is 12.8. The number of para-hydroxylation sites is 1. The first-order chi connectivity index (χ1) is 16.9. The molecular formula is C26H26ClN3O5. The van der Waals surface area contributed by atoms with E-state index >= 15 is 0 Å². The number of carbonyl (C=O) groups excluding carboxylic acids is 1. The zero-order valence-electron chi connectivity index (χ0n) is 19.9. The molecule has 0 fully saturated rings. The quantitative estimate of drug-likeness (QED) is 0.323. The Morgan fingerprint density at radius 3 is 2.54 bits per heavy atom. The number of anilines is 1. The topological polar surface area (TPSA) is 87.8 Å². The maximum absolute atomic E-state index is 12.8. The summed E-state index contributed by atoms with van der Waals surface area (Å²) in [7, 11) is 3.20. The summed E-state index contributed by atoms with van der Waals surface area (Å²) < 4.78 is 23.9.